The van der Waals surface area contributed by atoms with E-state index >= 15 is 0 Å². The molecule has 1 saturated heterocycles. The van der Waals surface area contributed by atoms with E-state index in [1.165, 1.54) is 10.6 Å². The number of rotatable bonds is 7. The van der Waals surface area contributed by atoms with E-state index < -0.39 is 10.0 Å². The fraction of sp³-hybridized carbons (Fsp3) is 0.833. The molecule has 0 atom stereocenters. The van der Waals surface area contributed by atoms with Crippen molar-refractivity contribution in [2.75, 3.05) is 26.0 Å². The van der Waals surface area contributed by atoms with Gasteiger partial charge in [0.25, 0.3) is 0 Å². The van der Waals surface area contributed by atoms with Gasteiger partial charge in [-0.25, -0.2) is 12.7 Å². The topological polar surface area (TPSA) is 100 Å². The number of hydrogen-bond donors (Lipinski definition) is 2. The summed E-state index contributed by atoms with van der Waals surface area (Å²) in [5.74, 6) is 0. The van der Waals surface area contributed by atoms with E-state index in [1.807, 2.05) is 6.20 Å². The number of aliphatic hydroxyl groups excluding tert-OH is 1. The van der Waals surface area contributed by atoms with Gasteiger partial charge in [-0.2, -0.15) is 0 Å². The Balaban J connectivity index is 1.73. The van der Waals surface area contributed by atoms with Crippen molar-refractivity contribution in [1.82, 2.24) is 24.6 Å². The molecule has 8 nitrogen and oxygen atoms in total. The van der Waals surface area contributed by atoms with Crippen LogP contribution in [-0.2, 0) is 23.1 Å². The van der Waals surface area contributed by atoms with Gasteiger partial charge in [-0.1, -0.05) is 5.21 Å². The quantitative estimate of drug-likeness (QED) is 0.681. The summed E-state index contributed by atoms with van der Waals surface area (Å²) >= 11 is 0. The second-order valence-corrected chi connectivity index (χ2v) is 7.35. The molecule has 0 bridgehead atoms. The number of aryl methyl sites for hydroxylation is 1. The van der Waals surface area contributed by atoms with Gasteiger partial charge >= 0.3 is 0 Å². The molecule has 1 aromatic rings. The summed E-state index contributed by atoms with van der Waals surface area (Å²) in [7, 11) is -3.06. The second kappa shape index (κ2) is 7.30. The summed E-state index contributed by atoms with van der Waals surface area (Å²) in [5, 5.41) is 20.2. The minimum Gasteiger partial charge on any atom is -0.396 e. The Kier molecular flexibility index (Phi) is 5.68. The van der Waals surface area contributed by atoms with Gasteiger partial charge < -0.3 is 10.4 Å². The average molecular weight is 317 g/mol. The molecule has 1 aliphatic heterocycles. The van der Waals surface area contributed by atoms with Gasteiger partial charge in [0.1, 0.15) is 0 Å². The Morgan fingerprint density at radius 3 is 2.76 bits per heavy atom. The first-order valence-electron chi connectivity index (χ1n) is 7.17. The molecule has 0 radical (unpaired) electrons. The predicted molar refractivity (Wildman–Crippen MR) is 78.0 cm³/mol. The Hall–Kier alpha value is -1.03. The largest absolute Gasteiger partial charge is 0.396 e. The van der Waals surface area contributed by atoms with Crippen LogP contribution >= 0.6 is 0 Å². The lowest BCUT2D eigenvalue weighted by Crippen LogP contribution is -2.44. The normalized spacial score (nSPS) is 18.2. The molecule has 2 heterocycles. The van der Waals surface area contributed by atoms with Gasteiger partial charge in [-0.15, -0.1) is 5.10 Å². The average Bonchev–Trinajstić information content (AvgIpc) is 2.90. The number of nitrogens with zero attached hydrogens (tertiary/aromatic N) is 4. The zero-order valence-corrected chi connectivity index (χ0v) is 13.1. The zero-order valence-electron chi connectivity index (χ0n) is 12.3. The van der Waals surface area contributed by atoms with Crippen molar-refractivity contribution in [1.29, 1.82) is 0 Å². The maximum atomic E-state index is 11.4. The SMILES string of the molecule is CS(=O)(=O)N1CCC(NCc2cn(CCCO)nn2)CC1. The van der Waals surface area contributed by atoms with E-state index in [0.717, 1.165) is 18.5 Å². The van der Waals surface area contributed by atoms with Gasteiger partial charge in [0.05, 0.1) is 11.9 Å². The third kappa shape index (κ3) is 5.03. The van der Waals surface area contributed by atoms with Crippen LogP contribution in [0.3, 0.4) is 0 Å². The Morgan fingerprint density at radius 2 is 2.14 bits per heavy atom. The van der Waals surface area contributed by atoms with Crippen molar-refractivity contribution < 1.29 is 13.5 Å². The molecule has 21 heavy (non-hydrogen) atoms. The number of aliphatic hydroxyl groups is 1. The van der Waals surface area contributed by atoms with Crippen molar-refractivity contribution in [3.05, 3.63) is 11.9 Å². The first-order valence-corrected chi connectivity index (χ1v) is 9.02. The molecular formula is C12H23N5O3S. The number of sulfonamides is 1. The highest BCUT2D eigenvalue weighted by Crippen LogP contribution is 2.13. The summed E-state index contributed by atoms with van der Waals surface area (Å²) in [6.07, 6.45) is 5.41. The summed E-state index contributed by atoms with van der Waals surface area (Å²) < 4.78 is 26.1. The number of piperidine rings is 1. The third-order valence-electron chi connectivity index (χ3n) is 3.63. The van der Waals surface area contributed by atoms with Gasteiger partial charge in [0, 0.05) is 45.0 Å². The van der Waals surface area contributed by atoms with E-state index in [1.54, 1.807) is 4.68 Å². The molecule has 0 amide bonds. The number of hydrogen-bond acceptors (Lipinski definition) is 6. The predicted octanol–water partition coefficient (Wildman–Crippen LogP) is -0.826. The first kappa shape index (κ1) is 16.3. The van der Waals surface area contributed by atoms with E-state index in [2.05, 4.69) is 15.6 Å². The lowest BCUT2D eigenvalue weighted by molar-refractivity contribution is 0.276. The lowest BCUT2D eigenvalue weighted by atomic mass is 10.1. The molecule has 1 fully saturated rings. The van der Waals surface area contributed by atoms with Crippen LogP contribution in [0, 0.1) is 0 Å². The lowest BCUT2D eigenvalue weighted by Gasteiger charge is -2.30. The van der Waals surface area contributed by atoms with E-state index in [4.69, 9.17) is 5.11 Å². The molecule has 0 aliphatic carbocycles. The number of nitrogens with one attached hydrogen (secondary N) is 1. The van der Waals surface area contributed by atoms with Crippen LogP contribution in [0.2, 0.25) is 0 Å². The molecule has 0 spiro atoms. The molecular weight excluding hydrogens is 294 g/mol. The second-order valence-electron chi connectivity index (χ2n) is 5.37. The summed E-state index contributed by atoms with van der Waals surface area (Å²) in [6.45, 7) is 2.57. The fourth-order valence-corrected chi connectivity index (χ4v) is 3.28. The Morgan fingerprint density at radius 1 is 1.43 bits per heavy atom. The standard InChI is InChI=1S/C12H23N5O3S/c1-21(19,20)17-6-3-11(4-7-17)13-9-12-10-16(15-14-12)5-2-8-18/h10-11,13,18H,2-9H2,1H3. The van der Waals surface area contributed by atoms with Crippen molar-refractivity contribution in [3.63, 3.8) is 0 Å². The summed E-state index contributed by atoms with van der Waals surface area (Å²) in [5.41, 5.74) is 0.860. The highest BCUT2D eigenvalue weighted by molar-refractivity contribution is 7.88. The molecule has 0 aromatic carbocycles. The van der Waals surface area contributed by atoms with Crippen molar-refractivity contribution in [2.45, 2.75) is 38.4 Å². The monoisotopic (exact) mass is 317 g/mol. The van der Waals surface area contributed by atoms with Crippen molar-refractivity contribution >= 4 is 10.0 Å². The van der Waals surface area contributed by atoms with Crippen LogP contribution in [0.25, 0.3) is 0 Å². The third-order valence-corrected chi connectivity index (χ3v) is 4.93. The zero-order chi connectivity index (χ0) is 15.3. The van der Waals surface area contributed by atoms with Crippen LogP contribution < -0.4 is 5.32 Å². The van der Waals surface area contributed by atoms with E-state index in [9.17, 15) is 8.42 Å². The molecule has 2 rings (SSSR count). The summed E-state index contributed by atoms with van der Waals surface area (Å²) in [4.78, 5) is 0. The van der Waals surface area contributed by atoms with Crippen molar-refractivity contribution in [3.8, 4) is 0 Å². The van der Waals surface area contributed by atoms with Crippen LogP contribution in [0.5, 0.6) is 0 Å². The van der Waals surface area contributed by atoms with Crippen LogP contribution in [-0.4, -0.2) is 64.8 Å². The number of aromatic nitrogens is 3. The highest BCUT2D eigenvalue weighted by Gasteiger charge is 2.24. The maximum Gasteiger partial charge on any atom is 0.211 e. The van der Waals surface area contributed by atoms with Crippen LogP contribution in [0.15, 0.2) is 6.20 Å². The first-order chi connectivity index (χ1) is 9.99. The Labute approximate surface area is 125 Å². The Bertz CT molecular complexity index is 537. The molecule has 0 saturated carbocycles. The highest BCUT2D eigenvalue weighted by atomic mass is 32.2. The van der Waals surface area contributed by atoms with Gasteiger partial charge in [0.15, 0.2) is 0 Å². The van der Waals surface area contributed by atoms with Crippen LogP contribution in [0.1, 0.15) is 25.0 Å². The molecule has 1 aromatic heterocycles. The van der Waals surface area contributed by atoms with Gasteiger partial charge in [0.2, 0.25) is 10.0 Å². The van der Waals surface area contributed by atoms with E-state index in [-0.39, 0.29) is 6.61 Å². The fourth-order valence-electron chi connectivity index (χ4n) is 2.40. The molecule has 1 aliphatic rings. The summed E-state index contributed by atoms with van der Waals surface area (Å²) in [6, 6.07) is 0.311. The maximum absolute atomic E-state index is 11.4. The molecule has 0 unspecified atom stereocenters. The van der Waals surface area contributed by atoms with Gasteiger partial charge in [-0.05, 0) is 19.3 Å². The smallest absolute Gasteiger partial charge is 0.211 e. The molecule has 2 N–H and O–H groups in total. The van der Waals surface area contributed by atoms with Gasteiger partial charge in [-0.3, -0.25) is 4.68 Å². The van der Waals surface area contributed by atoms with Crippen molar-refractivity contribution in [2.24, 2.45) is 0 Å². The molecule has 9 heteroatoms. The van der Waals surface area contributed by atoms with E-state index in [0.29, 0.717) is 38.6 Å². The minimum atomic E-state index is -3.06. The van der Waals surface area contributed by atoms with Crippen LogP contribution in [0.4, 0.5) is 0 Å². The minimum absolute atomic E-state index is 0.145. The molecule has 120 valence electrons.